The highest BCUT2D eigenvalue weighted by atomic mass is 16.5. The fourth-order valence-corrected chi connectivity index (χ4v) is 3.62. The van der Waals surface area contributed by atoms with Gasteiger partial charge in [0.2, 0.25) is 0 Å². The Kier molecular flexibility index (Phi) is 4.42. The van der Waals surface area contributed by atoms with E-state index in [9.17, 15) is 0 Å². The molecule has 0 amide bonds. The average molecular weight is 285 g/mol. The maximum atomic E-state index is 9.14. The third-order valence-electron chi connectivity index (χ3n) is 4.80. The second kappa shape index (κ2) is 6.46. The molecule has 2 saturated heterocycles. The molecule has 0 aliphatic carbocycles. The number of hydrogen-bond acceptors (Lipinski definition) is 4. The molecule has 0 aromatic heterocycles. The van der Waals surface area contributed by atoms with Crippen molar-refractivity contribution >= 4 is 0 Å². The quantitative estimate of drug-likeness (QED) is 0.922. The molecule has 1 aromatic carbocycles. The molecule has 1 aromatic rings. The summed E-state index contributed by atoms with van der Waals surface area (Å²) in [6, 6.07) is 9.45. The molecular formula is C17H23N3O. The molecule has 1 N–H and O–H groups in total. The highest BCUT2D eigenvalue weighted by Gasteiger charge is 2.31. The van der Waals surface area contributed by atoms with Crippen LogP contribution >= 0.6 is 0 Å². The van der Waals surface area contributed by atoms with Crippen LogP contribution in [0.1, 0.15) is 36.8 Å². The molecule has 0 radical (unpaired) electrons. The van der Waals surface area contributed by atoms with Crippen LogP contribution in [-0.2, 0) is 6.54 Å². The number of rotatable bonds is 4. The number of hydrogen-bond donors (Lipinski definition) is 1. The maximum Gasteiger partial charge on any atom is 0.136 e. The second-order valence-corrected chi connectivity index (χ2v) is 6.08. The third-order valence-corrected chi connectivity index (χ3v) is 4.80. The number of fused-ring (bicyclic) bond motifs is 1. The number of piperidine rings is 1. The van der Waals surface area contributed by atoms with Crippen LogP contribution < -0.4 is 10.1 Å². The maximum absolute atomic E-state index is 9.14. The number of nitriles is 1. The van der Waals surface area contributed by atoms with E-state index in [4.69, 9.17) is 10.00 Å². The standard InChI is InChI=1S/C17H23N3O/c1-21-17-5-4-13(9-14(17)11-18)12-19-15-6-8-20-7-2-3-16(20)10-15/h4-5,9,15-16,19H,2-3,6-8,10,12H2,1H3. The van der Waals surface area contributed by atoms with Gasteiger partial charge < -0.3 is 15.0 Å². The van der Waals surface area contributed by atoms with Crippen molar-refractivity contribution in [3.05, 3.63) is 29.3 Å². The number of nitrogens with zero attached hydrogens (tertiary/aromatic N) is 2. The van der Waals surface area contributed by atoms with Crippen molar-refractivity contribution in [1.82, 2.24) is 10.2 Å². The number of nitrogens with one attached hydrogen (secondary N) is 1. The van der Waals surface area contributed by atoms with E-state index in [0.717, 1.165) is 18.2 Å². The molecule has 4 nitrogen and oxygen atoms in total. The summed E-state index contributed by atoms with van der Waals surface area (Å²) in [6.07, 6.45) is 5.22. The fraction of sp³-hybridized carbons (Fsp3) is 0.588. The van der Waals surface area contributed by atoms with Crippen LogP contribution in [0.15, 0.2) is 18.2 Å². The Labute approximate surface area is 126 Å². The Hall–Kier alpha value is -1.57. The molecule has 2 heterocycles. The molecule has 112 valence electrons. The van der Waals surface area contributed by atoms with E-state index < -0.39 is 0 Å². The zero-order chi connectivity index (χ0) is 14.7. The van der Waals surface area contributed by atoms with Crippen molar-refractivity contribution < 1.29 is 4.74 Å². The fourth-order valence-electron chi connectivity index (χ4n) is 3.62. The lowest BCUT2D eigenvalue weighted by Gasteiger charge is -2.35. The van der Waals surface area contributed by atoms with Gasteiger partial charge in [0.15, 0.2) is 0 Å². The van der Waals surface area contributed by atoms with Crippen LogP contribution in [0, 0.1) is 11.3 Å². The summed E-state index contributed by atoms with van der Waals surface area (Å²) in [5, 5.41) is 12.8. The Morgan fingerprint density at radius 3 is 3.10 bits per heavy atom. The van der Waals surface area contributed by atoms with Crippen molar-refractivity contribution in [1.29, 1.82) is 5.26 Å². The summed E-state index contributed by atoms with van der Waals surface area (Å²) in [7, 11) is 1.60. The molecule has 0 bridgehead atoms. The minimum Gasteiger partial charge on any atom is -0.495 e. The van der Waals surface area contributed by atoms with Gasteiger partial charge in [-0.05, 0) is 56.5 Å². The summed E-state index contributed by atoms with van der Waals surface area (Å²) >= 11 is 0. The van der Waals surface area contributed by atoms with Gasteiger partial charge in [-0.15, -0.1) is 0 Å². The molecule has 3 rings (SSSR count). The van der Waals surface area contributed by atoms with Gasteiger partial charge in [0.25, 0.3) is 0 Å². The first-order valence-electron chi connectivity index (χ1n) is 7.84. The lowest BCUT2D eigenvalue weighted by Crippen LogP contribution is -2.45. The SMILES string of the molecule is COc1ccc(CNC2CCN3CCCC3C2)cc1C#N. The minimum absolute atomic E-state index is 0.608. The predicted molar refractivity (Wildman–Crippen MR) is 82.2 cm³/mol. The van der Waals surface area contributed by atoms with E-state index in [1.165, 1.54) is 38.8 Å². The van der Waals surface area contributed by atoms with Crippen molar-refractivity contribution in [3.63, 3.8) is 0 Å². The largest absolute Gasteiger partial charge is 0.495 e. The molecule has 0 spiro atoms. The molecule has 4 heteroatoms. The van der Waals surface area contributed by atoms with Crippen molar-refractivity contribution in [2.75, 3.05) is 20.2 Å². The first kappa shape index (κ1) is 14.4. The smallest absolute Gasteiger partial charge is 0.136 e. The summed E-state index contributed by atoms with van der Waals surface area (Å²) in [4.78, 5) is 2.64. The monoisotopic (exact) mass is 285 g/mol. The zero-order valence-corrected chi connectivity index (χ0v) is 12.6. The number of methoxy groups -OCH3 is 1. The molecule has 2 aliphatic heterocycles. The van der Waals surface area contributed by atoms with Gasteiger partial charge in [-0.1, -0.05) is 6.07 Å². The van der Waals surface area contributed by atoms with E-state index in [0.29, 0.717) is 17.4 Å². The van der Waals surface area contributed by atoms with Gasteiger partial charge in [0.1, 0.15) is 11.8 Å². The Bertz CT molecular complexity index is 537. The normalized spacial score (nSPS) is 25.3. The lowest BCUT2D eigenvalue weighted by atomic mass is 9.97. The highest BCUT2D eigenvalue weighted by molar-refractivity contribution is 5.45. The van der Waals surface area contributed by atoms with Crippen LogP contribution in [0.3, 0.4) is 0 Å². The van der Waals surface area contributed by atoms with Gasteiger partial charge in [-0.25, -0.2) is 0 Å². The molecule has 2 unspecified atom stereocenters. The number of ether oxygens (including phenoxy) is 1. The molecule has 0 saturated carbocycles. The van der Waals surface area contributed by atoms with Crippen LogP contribution in [0.25, 0.3) is 0 Å². The second-order valence-electron chi connectivity index (χ2n) is 6.08. The van der Waals surface area contributed by atoms with Crippen molar-refractivity contribution in [3.8, 4) is 11.8 Å². The molecule has 2 atom stereocenters. The molecule has 21 heavy (non-hydrogen) atoms. The predicted octanol–water partition coefficient (Wildman–Crippen LogP) is 2.28. The lowest BCUT2D eigenvalue weighted by molar-refractivity contribution is 0.166. The van der Waals surface area contributed by atoms with E-state index in [2.05, 4.69) is 16.3 Å². The number of benzene rings is 1. The van der Waals surface area contributed by atoms with Crippen LogP contribution in [0.4, 0.5) is 0 Å². The summed E-state index contributed by atoms with van der Waals surface area (Å²) in [5.41, 5.74) is 1.77. The summed E-state index contributed by atoms with van der Waals surface area (Å²) in [5.74, 6) is 0.653. The van der Waals surface area contributed by atoms with E-state index >= 15 is 0 Å². The van der Waals surface area contributed by atoms with Gasteiger partial charge in [0.05, 0.1) is 12.7 Å². The Morgan fingerprint density at radius 2 is 2.29 bits per heavy atom. The van der Waals surface area contributed by atoms with E-state index in [1.54, 1.807) is 7.11 Å². The van der Waals surface area contributed by atoms with E-state index in [1.807, 2.05) is 18.2 Å². The van der Waals surface area contributed by atoms with Crippen molar-refractivity contribution in [2.24, 2.45) is 0 Å². The van der Waals surface area contributed by atoms with Gasteiger partial charge in [-0.2, -0.15) is 5.26 Å². The average Bonchev–Trinajstić information content (AvgIpc) is 3.00. The molecule has 2 fully saturated rings. The first-order valence-corrected chi connectivity index (χ1v) is 7.84. The van der Waals surface area contributed by atoms with Crippen LogP contribution in [0.5, 0.6) is 5.75 Å². The molecule has 2 aliphatic rings. The first-order chi connectivity index (χ1) is 10.3. The highest BCUT2D eigenvalue weighted by Crippen LogP contribution is 2.27. The third kappa shape index (κ3) is 3.20. The van der Waals surface area contributed by atoms with Crippen LogP contribution in [0.2, 0.25) is 0 Å². The molecular weight excluding hydrogens is 262 g/mol. The zero-order valence-electron chi connectivity index (χ0n) is 12.6. The van der Waals surface area contributed by atoms with E-state index in [-0.39, 0.29) is 0 Å². The van der Waals surface area contributed by atoms with Crippen molar-refractivity contribution in [2.45, 2.75) is 44.3 Å². The summed E-state index contributed by atoms with van der Waals surface area (Å²) < 4.78 is 5.18. The van der Waals surface area contributed by atoms with Crippen LogP contribution in [-0.4, -0.2) is 37.2 Å². The summed E-state index contributed by atoms with van der Waals surface area (Å²) in [6.45, 7) is 3.35. The van der Waals surface area contributed by atoms with Gasteiger partial charge in [0, 0.05) is 18.6 Å². The minimum atomic E-state index is 0.608. The Balaban J connectivity index is 1.57. The topological polar surface area (TPSA) is 48.3 Å². The Morgan fingerprint density at radius 1 is 1.38 bits per heavy atom. The van der Waals surface area contributed by atoms with Gasteiger partial charge in [-0.3, -0.25) is 0 Å². The van der Waals surface area contributed by atoms with Gasteiger partial charge >= 0.3 is 0 Å².